The molecule has 0 spiro atoms. The third-order valence-corrected chi connectivity index (χ3v) is 6.05. The largest absolute Gasteiger partial charge is 0.481 e. The first-order chi connectivity index (χ1) is 10.7. The van der Waals surface area contributed by atoms with E-state index >= 15 is 0 Å². The van der Waals surface area contributed by atoms with Crippen molar-refractivity contribution in [2.24, 2.45) is 5.92 Å². The van der Waals surface area contributed by atoms with Gasteiger partial charge >= 0.3 is 11.9 Å². The lowest BCUT2D eigenvalue weighted by molar-refractivity contribution is -0.142. The molecule has 0 heterocycles. The first-order valence-electron chi connectivity index (χ1n) is 7.21. The maximum Gasteiger partial charge on any atom is 0.307 e. The molecule has 0 aliphatic rings. The number of benzene rings is 1. The van der Waals surface area contributed by atoms with Crippen LogP contribution in [0, 0.1) is 5.92 Å². The number of carbonyl (C=O) groups is 2. The van der Waals surface area contributed by atoms with Crippen LogP contribution in [0.15, 0.2) is 36.4 Å². The van der Waals surface area contributed by atoms with Crippen LogP contribution in [0.2, 0.25) is 0 Å². The maximum atomic E-state index is 12.4. The van der Waals surface area contributed by atoms with Crippen molar-refractivity contribution in [3.8, 4) is 0 Å². The average molecular weight is 340 g/mol. The summed E-state index contributed by atoms with van der Waals surface area (Å²) in [5, 5.41) is 17.8. The average Bonchev–Trinajstić information content (AvgIpc) is 2.47. The highest BCUT2D eigenvalue weighted by molar-refractivity contribution is 7.59. The van der Waals surface area contributed by atoms with Crippen molar-refractivity contribution in [3.05, 3.63) is 42.0 Å². The fourth-order valence-electron chi connectivity index (χ4n) is 2.20. The van der Waals surface area contributed by atoms with Crippen molar-refractivity contribution < 1.29 is 29.3 Å². The zero-order valence-electron chi connectivity index (χ0n) is 12.8. The minimum Gasteiger partial charge on any atom is -0.481 e. The summed E-state index contributed by atoms with van der Waals surface area (Å²) in [5.41, 5.74) is -0.138. The Morgan fingerprint density at radius 2 is 1.83 bits per heavy atom. The zero-order valence-corrected chi connectivity index (χ0v) is 13.7. The molecule has 3 unspecified atom stereocenters. The molecule has 23 heavy (non-hydrogen) atoms. The van der Waals surface area contributed by atoms with Gasteiger partial charge in [0.25, 0.3) is 0 Å². The minimum absolute atomic E-state index is 0.153. The molecule has 0 saturated heterocycles. The quantitative estimate of drug-likeness (QED) is 0.596. The van der Waals surface area contributed by atoms with Crippen molar-refractivity contribution in [1.29, 1.82) is 0 Å². The van der Waals surface area contributed by atoms with E-state index < -0.39 is 30.9 Å². The molecular formula is C16H21O6P. The van der Waals surface area contributed by atoms with Crippen LogP contribution in [0.5, 0.6) is 0 Å². The second kappa shape index (κ2) is 8.65. The van der Waals surface area contributed by atoms with Crippen LogP contribution in [0.3, 0.4) is 0 Å². The van der Waals surface area contributed by atoms with Crippen LogP contribution in [-0.4, -0.2) is 38.9 Å². The van der Waals surface area contributed by atoms with Crippen molar-refractivity contribution in [1.82, 2.24) is 0 Å². The normalized spacial score (nSPS) is 16.6. The van der Waals surface area contributed by atoms with E-state index in [0.29, 0.717) is 0 Å². The summed E-state index contributed by atoms with van der Waals surface area (Å²) in [4.78, 5) is 32.0. The van der Waals surface area contributed by atoms with Gasteiger partial charge in [-0.05, 0) is 12.0 Å². The second-order valence-electron chi connectivity index (χ2n) is 5.37. The predicted octanol–water partition coefficient (Wildman–Crippen LogP) is 2.92. The van der Waals surface area contributed by atoms with E-state index in [1.165, 1.54) is 6.92 Å². The summed E-state index contributed by atoms with van der Waals surface area (Å²) >= 11 is 0. The maximum absolute atomic E-state index is 12.4. The fourth-order valence-corrected chi connectivity index (χ4v) is 3.78. The molecule has 0 aromatic heterocycles. The van der Waals surface area contributed by atoms with Crippen molar-refractivity contribution >= 4 is 25.4 Å². The van der Waals surface area contributed by atoms with Crippen LogP contribution in [0.1, 0.15) is 25.3 Å². The molecule has 3 N–H and O–H groups in total. The van der Waals surface area contributed by atoms with Gasteiger partial charge in [-0.15, -0.1) is 0 Å². The Kier molecular flexibility index (Phi) is 7.20. The number of rotatable bonds is 9. The molecule has 0 amide bonds. The molecule has 0 fully saturated rings. The van der Waals surface area contributed by atoms with E-state index in [1.807, 2.05) is 30.3 Å². The van der Waals surface area contributed by atoms with Gasteiger partial charge in [-0.25, -0.2) is 0 Å². The lowest BCUT2D eigenvalue weighted by atomic mass is 10.0. The molecule has 6 nitrogen and oxygen atoms in total. The predicted molar refractivity (Wildman–Crippen MR) is 87.6 cm³/mol. The van der Waals surface area contributed by atoms with Crippen molar-refractivity contribution in [2.45, 2.75) is 25.4 Å². The van der Waals surface area contributed by atoms with Gasteiger partial charge in [-0.3, -0.25) is 14.2 Å². The molecular weight excluding hydrogens is 319 g/mol. The summed E-state index contributed by atoms with van der Waals surface area (Å²) in [7, 11) is -3.75. The molecule has 1 aromatic rings. The molecule has 0 aliphatic heterocycles. The van der Waals surface area contributed by atoms with Crippen LogP contribution in [0.4, 0.5) is 0 Å². The van der Waals surface area contributed by atoms with E-state index in [2.05, 4.69) is 0 Å². The number of hydrogen-bond donors (Lipinski definition) is 3. The highest BCUT2D eigenvalue weighted by Gasteiger charge is 2.36. The molecule has 126 valence electrons. The lowest BCUT2D eigenvalue weighted by Gasteiger charge is -2.24. The van der Waals surface area contributed by atoms with Gasteiger partial charge in [-0.2, -0.15) is 0 Å². The Labute approximate surface area is 134 Å². The van der Waals surface area contributed by atoms with Gasteiger partial charge in [0.15, 0.2) is 0 Å². The van der Waals surface area contributed by atoms with E-state index in [9.17, 15) is 24.2 Å². The SMILES string of the molecule is CC(C(CCC(=O)O)C(=O)O)P(=O)(O)CC=Cc1ccccc1. The van der Waals surface area contributed by atoms with E-state index in [0.717, 1.165) is 5.56 Å². The third-order valence-electron chi connectivity index (χ3n) is 3.68. The molecule has 7 heteroatoms. The summed E-state index contributed by atoms with van der Waals surface area (Å²) in [5.74, 6) is -3.53. The van der Waals surface area contributed by atoms with Crippen molar-refractivity contribution in [3.63, 3.8) is 0 Å². The highest BCUT2D eigenvalue weighted by Crippen LogP contribution is 2.50. The van der Waals surface area contributed by atoms with E-state index in [4.69, 9.17) is 5.11 Å². The Hall–Kier alpha value is -1.91. The summed E-state index contributed by atoms with van der Waals surface area (Å²) in [6.07, 6.45) is 2.57. The fraction of sp³-hybridized carbons (Fsp3) is 0.375. The number of allylic oxidation sites excluding steroid dienone is 1. The standard InChI is InChI=1S/C16H21O6P/c1-12(14(16(19)20)9-10-15(17)18)23(21,22)11-5-8-13-6-3-2-4-7-13/h2-8,12,14H,9-11H2,1H3,(H,17,18)(H,19,20)(H,21,22). The minimum atomic E-state index is -3.75. The van der Waals surface area contributed by atoms with Crippen LogP contribution < -0.4 is 0 Å². The second-order valence-corrected chi connectivity index (χ2v) is 8.06. The van der Waals surface area contributed by atoms with Gasteiger partial charge in [0.2, 0.25) is 7.37 Å². The Morgan fingerprint density at radius 3 is 2.35 bits per heavy atom. The van der Waals surface area contributed by atoms with Crippen LogP contribution >= 0.6 is 7.37 Å². The number of hydrogen-bond acceptors (Lipinski definition) is 3. The molecule has 1 aromatic carbocycles. The van der Waals surface area contributed by atoms with Gasteiger partial charge in [0, 0.05) is 18.2 Å². The topological polar surface area (TPSA) is 112 Å². The summed E-state index contributed by atoms with van der Waals surface area (Å²) < 4.78 is 12.4. The smallest absolute Gasteiger partial charge is 0.307 e. The molecule has 0 aliphatic carbocycles. The summed E-state index contributed by atoms with van der Waals surface area (Å²) in [6.45, 7) is 1.39. The van der Waals surface area contributed by atoms with Gasteiger partial charge in [0.05, 0.1) is 5.92 Å². The molecule has 0 bridgehead atoms. The first kappa shape index (κ1) is 19.1. The number of carboxylic acid groups (broad SMARTS) is 2. The lowest BCUT2D eigenvalue weighted by Crippen LogP contribution is -2.27. The molecule has 3 atom stereocenters. The van der Waals surface area contributed by atoms with E-state index in [-0.39, 0.29) is 19.0 Å². The molecule has 1 rings (SSSR count). The Morgan fingerprint density at radius 1 is 1.22 bits per heavy atom. The van der Waals surface area contributed by atoms with Gasteiger partial charge < -0.3 is 15.1 Å². The van der Waals surface area contributed by atoms with E-state index in [1.54, 1.807) is 12.2 Å². The van der Waals surface area contributed by atoms with Gasteiger partial charge in [0.1, 0.15) is 0 Å². The Balaban J connectivity index is 2.75. The highest BCUT2D eigenvalue weighted by atomic mass is 31.2. The third kappa shape index (κ3) is 6.38. The monoisotopic (exact) mass is 340 g/mol. The van der Waals surface area contributed by atoms with Crippen molar-refractivity contribution in [2.75, 3.05) is 6.16 Å². The number of carboxylic acids is 2. The molecule has 0 radical (unpaired) electrons. The Bertz CT molecular complexity index is 610. The van der Waals surface area contributed by atoms with Crippen LogP contribution in [-0.2, 0) is 14.2 Å². The summed E-state index contributed by atoms with van der Waals surface area (Å²) in [6, 6.07) is 9.22. The zero-order chi connectivity index (χ0) is 17.5. The first-order valence-corrected chi connectivity index (χ1v) is 9.13. The van der Waals surface area contributed by atoms with Gasteiger partial charge in [-0.1, -0.05) is 49.4 Å². The van der Waals surface area contributed by atoms with Crippen LogP contribution in [0.25, 0.3) is 6.08 Å². The number of aliphatic carboxylic acids is 2. The molecule has 0 saturated carbocycles.